The summed E-state index contributed by atoms with van der Waals surface area (Å²) < 4.78 is 42.5. The summed E-state index contributed by atoms with van der Waals surface area (Å²) in [5.41, 5.74) is 2.24. The first kappa shape index (κ1) is 26.0. The lowest BCUT2D eigenvalue weighted by atomic mass is 10.1. The van der Waals surface area contributed by atoms with Crippen LogP contribution >= 0.6 is 0 Å². The molecule has 3 heterocycles. The van der Waals surface area contributed by atoms with Gasteiger partial charge >= 0.3 is 0 Å². The van der Waals surface area contributed by atoms with Crippen LogP contribution < -0.4 is 14.2 Å². The topological polar surface area (TPSA) is 134 Å². The second kappa shape index (κ2) is 10.9. The fourth-order valence-electron chi connectivity index (χ4n) is 3.81. The maximum atomic E-state index is 13.5. The molecule has 1 N–H and O–H groups in total. The highest BCUT2D eigenvalue weighted by atomic mass is 32.2. The number of ether oxygens (including phenoxy) is 2. The van der Waals surface area contributed by atoms with Gasteiger partial charge in [-0.15, -0.1) is 10.2 Å². The van der Waals surface area contributed by atoms with Gasteiger partial charge in [-0.25, -0.2) is 18.4 Å². The maximum Gasteiger partial charge on any atom is 0.243 e. The van der Waals surface area contributed by atoms with E-state index in [9.17, 15) is 8.42 Å². The van der Waals surface area contributed by atoms with Crippen LogP contribution in [0.2, 0.25) is 0 Å². The third-order valence-electron chi connectivity index (χ3n) is 6.08. The number of anilines is 1. The molecule has 4 aromatic rings. The fourth-order valence-corrected chi connectivity index (χ4v) is 5.04. The smallest absolute Gasteiger partial charge is 0.243 e. The molecule has 0 saturated heterocycles. The van der Waals surface area contributed by atoms with Crippen molar-refractivity contribution in [2.45, 2.75) is 38.4 Å². The van der Waals surface area contributed by atoms with E-state index in [-0.39, 0.29) is 5.95 Å². The first-order valence-electron chi connectivity index (χ1n) is 11.6. The van der Waals surface area contributed by atoms with E-state index in [0.717, 1.165) is 11.1 Å². The third-order valence-corrected chi connectivity index (χ3v) is 7.93. The van der Waals surface area contributed by atoms with Crippen molar-refractivity contribution in [3.8, 4) is 17.2 Å². The van der Waals surface area contributed by atoms with Crippen molar-refractivity contribution in [2.24, 2.45) is 0 Å². The molecule has 12 heteroatoms. The molecule has 0 aliphatic rings. The Balaban J connectivity index is 1.77. The number of nitrogens with zero attached hydrogens (tertiary/aromatic N) is 6. The van der Waals surface area contributed by atoms with Gasteiger partial charge in [-0.05, 0) is 43.2 Å². The van der Waals surface area contributed by atoms with Gasteiger partial charge in [0.15, 0.2) is 0 Å². The molecule has 3 aromatic heterocycles. The quantitative estimate of drug-likeness (QED) is 0.332. The minimum atomic E-state index is -3.95. The molecule has 11 nitrogen and oxygen atoms in total. The van der Waals surface area contributed by atoms with Gasteiger partial charge in [-0.2, -0.15) is 0 Å². The van der Waals surface area contributed by atoms with Crippen LogP contribution in [-0.2, 0) is 16.4 Å². The molecular weight excluding hydrogens is 494 g/mol. The molecule has 0 radical (unpaired) electrons. The molecule has 0 aliphatic carbocycles. The molecule has 37 heavy (non-hydrogen) atoms. The molecular formula is C25H29N7O4S. The summed E-state index contributed by atoms with van der Waals surface area (Å²) in [5, 5.41) is 7.65. The van der Waals surface area contributed by atoms with Crippen LogP contribution in [0.5, 0.6) is 11.5 Å². The van der Waals surface area contributed by atoms with Crippen LogP contribution in [0.4, 0.5) is 5.95 Å². The SMILES string of the molecule is COc1cccc(OC)c1-n1c(Cc2cccnc2)nnc1NS(=O)(=O)C(C)C(C)c1ncc(C)cn1. The lowest BCUT2D eigenvalue weighted by molar-refractivity contribution is 0.391. The van der Waals surface area contributed by atoms with Gasteiger partial charge in [0.05, 0.1) is 19.5 Å². The summed E-state index contributed by atoms with van der Waals surface area (Å²) >= 11 is 0. The molecule has 0 bridgehead atoms. The minimum Gasteiger partial charge on any atom is -0.494 e. The minimum absolute atomic E-state index is 0.00515. The molecule has 2 atom stereocenters. The highest BCUT2D eigenvalue weighted by Gasteiger charge is 2.32. The van der Waals surface area contributed by atoms with Crippen molar-refractivity contribution in [1.29, 1.82) is 0 Å². The molecule has 4 rings (SSSR count). The van der Waals surface area contributed by atoms with E-state index in [1.54, 1.807) is 61.4 Å². The number of hydrogen-bond donors (Lipinski definition) is 1. The largest absolute Gasteiger partial charge is 0.494 e. The van der Waals surface area contributed by atoms with Crippen molar-refractivity contribution >= 4 is 16.0 Å². The number of methoxy groups -OCH3 is 2. The van der Waals surface area contributed by atoms with Gasteiger partial charge in [0.25, 0.3) is 0 Å². The highest BCUT2D eigenvalue weighted by molar-refractivity contribution is 7.93. The average Bonchev–Trinajstić information content (AvgIpc) is 3.28. The fraction of sp³-hybridized carbons (Fsp3) is 0.320. The zero-order valence-electron chi connectivity index (χ0n) is 21.3. The van der Waals surface area contributed by atoms with Gasteiger partial charge in [-0.1, -0.05) is 19.1 Å². The van der Waals surface area contributed by atoms with Crippen molar-refractivity contribution in [3.05, 3.63) is 77.9 Å². The van der Waals surface area contributed by atoms with Crippen molar-refractivity contribution in [2.75, 3.05) is 18.9 Å². The first-order chi connectivity index (χ1) is 17.7. The Bertz CT molecular complexity index is 1440. The molecule has 194 valence electrons. The highest BCUT2D eigenvalue weighted by Crippen LogP contribution is 2.36. The molecule has 0 amide bonds. The van der Waals surface area contributed by atoms with E-state index < -0.39 is 21.2 Å². The molecule has 0 spiro atoms. The molecule has 1 aromatic carbocycles. The Morgan fingerprint density at radius 1 is 0.973 bits per heavy atom. The number of hydrogen-bond acceptors (Lipinski definition) is 9. The molecule has 0 saturated carbocycles. The van der Waals surface area contributed by atoms with Gasteiger partial charge in [0.2, 0.25) is 16.0 Å². The zero-order valence-corrected chi connectivity index (χ0v) is 22.1. The second-order valence-electron chi connectivity index (χ2n) is 8.58. The molecule has 0 aliphatic heterocycles. The summed E-state index contributed by atoms with van der Waals surface area (Å²) in [7, 11) is -0.895. The standard InChI is InChI=1S/C25H29N7O4S/c1-16-13-27-24(28-14-16)17(2)18(3)37(33,34)31-25-30-29-22(12-19-8-7-11-26-15-19)32(25)23-20(35-4)9-6-10-21(23)36-5/h6-11,13-15,17-18H,12H2,1-5H3,(H,30,31). The Hall–Kier alpha value is -4.06. The van der Waals surface area contributed by atoms with Crippen LogP contribution in [0.15, 0.2) is 55.1 Å². The monoisotopic (exact) mass is 523 g/mol. The Morgan fingerprint density at radius 3 is 2.24 bits per heavy atom. The normalized spacial score (nSPS) is 13.1. The van der Waals surface area contributed by atoms with Crippen LogP contribution in [0.1, 0.15) is 42.5 Å². The van der Waals surface area contributed by atoms with Crippen LogP contribution in [0, 0.1) is 6.92 Å². The van der Waals surface area contributed by atoms with E-state index in [1.165, 1.54) is 14.2 Å². The van der Waals surface area contributed by atoms with Crippen LogP contribution in [0.25, 0.3) is 5.69 Å². The predicted octanol–water partition coefficient (Wildman–Crippen LogP) is 3.30. The van der Waals surface area contributed by atoms with E-state index >= 15 is 0 Å². The summed E-state index contributed by atoms with van der Waals surface area (Å²) in [6, 6.07) is 9.01. The summed E-state index contributed by atoms with van der Waals surface area (Å²) in [5.74, 6) is 1.35. The molecule has 2 unspecified atom stereocenters. The zero-order chi connectivity index (χ0) is 26.6. The average molecular weight is 524 g/mol. The van der Waals surface area contributed by atoms with E-state index in [2.05, 4.69) is 29.9 Å². The number of nitrogens with one attached hydrogen (secondary N) is 1. The van der Waals surface area contributed by atoms with Gasteiger partial charge < -0.3 is 9.47 Å². The predicted molar refractivity (Wildman–Crippen MR) is 139 cm³/mol. The first-order valence-corrected chi connectivity index (χ1v) is 13.1. The third kappa shape index (κ3) is 5.53. The number of aromatic nitrogens is 6. The van der Waals surface area contributed by atoms with Crippen molar-refractivity contribution in [1.82, 2.24) is 29.7 Å². The summed E-state index contributed by atoms with van der Waals surface area (Å²) in [4.78, 5) is 12.8. The number of aryl methyl sites for hydroxylation is 1. The Kier molecular flexibility index (Phi) is 7.67. The Morgan fingerprint density at radius 2 is 1.65 bits per heavy atom. The maximum absolute atomic E-state index is 13.5. The van der Waals surface area contributed by atoms with E-state index in [4.69, 9.17) is 9.47 Å². The second-order valence-corrected chi connectivity index (χ2v) is 10.6. The number of para-hydroxylation sites is 1. The van der Waals surface area contributed by atoms with Gasteiger partial charge in [-0.3, -0.25) is 14.3 Å². The number of benzene rings is 1. The van der Waals surface area contributed by atoms with Crippen LogP contribution in [-0.4, -0.2) is 57.6 Å². The van der Waals surface area contributed by atoms with Crippen molar-refractivity contribution < 1.29 is 17.9 Å². The summed E-state index contributed by atoms with van der Waals surface area (Å²) in [6.07, 6.45) is 7.07. The van der Waals surface area contributed by atoms with Gasteiger partial charge in [0, 0.05) is 37.1 Å². The molecule has 0 fully saturated rings. The number of sulfonamides is 1. The number of pyridine rings is 1. The lowest BCUT2D eigenvalue weighted by Gasteiger charge is -2.21. The number of rotatable bonds is 10. The lowest BCUT2D eigenvalue weighted by Crippen LogP contribution is -2.31. The Labute approximate surface area is 216 Å². The van der Waals surface area contributed by atoms with Crippen LogP contribution in [0.3, 0.4) is 0 Å². The van der Waals surface area contributed by atoms with E-state index in [0.29, 0.717) is 35.3 Å². The van der Waals surface area contributed by atoms with Crippen molar-refractivity contribution in [3.63, 3.8) is 0 Å². The van der Waals surface area contributed by atoms with E-state index in [1.807, 2.05) is 19.1 Å². The van der Waals surface area contributed by atoms with Gasteiger partial charge in [0.1, 0.15) is 28.8 Å². The summed E-state index contributed by atoms with van der Waals surface area (Å²) in [6.45, 7) is 5.26.